The average molecular weight is 194 g/mol. The van der Waals surface area contributed by atoms with Crippen LogP contribution in [0, 0.1) is 5.41 Å². The molecule has 0 aromatic carbocycles. The second kappa shape index (κ2) is 3.78. The predicted molar refractivity (Wildman–Crippen MR) is 52.6 cm³/mol. The molecule has 3 heteroatoms. The van der Waals surface area contributed by atoms with Gasteiger partial charge in [0, 0.05) is 0 Å². The normalized spacial score (nSPS) is 25.9. The zero-order valence-electron chi connectivity index (χ0n) is 8.66. The first-order valence-corrected chi connectivity index (χ1v) is 4.60. The molecule has 0 aromatic rings. The van der Waals surface area contributed by atoms with E-state index in [9.17, 15) is 9.59 Å². The lowest BCUT2D eigenvalue weighted by atomic mass is 9.83. The Morgan fingerprint density at radius 3 is 2.71 bits per heavy atom. The highest BCUT2D eigenvalue weighted by atomic mass is 16.5. The Morgan fingerprint density at radius 1 is 1.57 bits per heavy atom. The number of esters is 1. The van der Waals surface area contributed by atoms with Crippen molar-refractivity contribution < 1.29 is 14.3 Å². The van der Waals surface area contributed by atoms with Crippen LogP contribution in [0.4, 0.5) is 0 Å². The highest BCUT2D eigenvalue weighted by Gasteiger charge is 2.32. The maximum atomic E-state index is 11.5. The Bertz CT molecular complexity index is 325. The van der Waals surface area contributed by atoms with Crippen LogP contribution >= 0.6 is 0 Å². The molecule has 1 rings (SSSR count). The minimum absolute atomic E-state index is 0.0493. The molecule has 0 spiro atoms. The van der Waals surface area contributed by atoms with Gasteiger partial charge in [-0.25, -0.2) is 0 Å². The minimum atomic E-state index is -0.784. The van der Waals surface area contributed by atoms with Gasteiger partial charge in [0.1, 0.15) is 5.41 Å². The van der Waals surface area contributed by atoms with Crippen LogP contribution in [0.1, 0.15) is 20.8 Å². The molecule has 14 heavy (non-hydrogen) atoms. The Kier molecular flexibility index (Phi) is 2.89. The van der Waals surface area contributed by atoms with Crippen molar-refractivity contribution in [1.82, 2.24) is 0 Å². The van der Waals surface area contributed by atoms with Crippen LogP contribution in [0.5, 0.6) is 0 Å². The van der Waals surface area contributed by atoms with E-state index >= 15 is 0 Å². The quantitative estimate of drug-likeness (QED) is 0.628. The fourth-order valence-electron chi connectivity index (χ4n) is 1.36. The molecule has 0 radical (unpaired) electrons. The molecular weight excluding hydrogens is 180 g/mol. The van der Waals surface area contributed by atoms with Gasteiger partial charge in [0.15, 0.2) is 5.78 Å². The first-order chi connectivity index (χ1) is 6.49. The van der Waals surface area contributed by atoms with Gasteiger partial charge in [0.25, 0.3) is 0 Å². The van der Waals surface area contributed by atoms with Crippen LogP contribution in [0.25, 0.3) is 0 Å². The molecule has 1 atom stereocenters. The molecule has 1 unspecified atom stereocenters. The average Bonchev–Trinajstić information content (AvgIpc) is 2.13. The Labute approximate surface area is 83.4 Å². The van der Waals surface area contributed by atoms with Gasteiger partial charge in [0.2, 0.25) is 0 Å². The van der Waals surface area contributed by atoms with Crippen molar-refractivity contribution >= 4 is 11.8 Å². The summed E-state index contributed by atoms with van der Waals surface area (Å²) in [5, 5.41) is 0. The molecule has 0 aromatic heterocycles. The maximum absolute atomic E-state index is 11.5. The third kappa shape index (κ3) is 1.92. The first-order valence-electron chi connectivity index (χ1n) is 4.60. The summed E-state index contributed by atoms with van der Waals surface area (Å²) in [7, 11) is 0. The van der Waals surface area contributed by atoms with Gasteiger partial charge in [-0.2, -0.15) is 0 Å². The van der Waals surface area contributed by atoms with Crippen LogP contribution in [0.15, 0.2) is 23.8 Å². The van der Waals surface area contributed by atoms with E-state index in [1.54, 1.807) is 32.9 Å². The van der Waals surface area contributed by atoms with Crippen molar-refractivity contribution in [2.45, 2.75) is 20.8 Å². The monoisotopic (exact) mass is 194 g/mol. The van der Waals surface area contributed by atoms with Crippen molar-refractivity contribution in [1.29, 1.82) is 0 Å². The van der Waals surface area contributed by atoms with Crippen LogP contribution in [-0.2, 0) is 14.3 Å². The molecule has 0 amide bonds. The van der Waals surface area contributed by atoms with Crippen molar-refractivity contribution in [3.8, 4) is 0 Å². The first kappa shape index (κ1) is 10.7. The maximum Gasteiger partial charge on any atom is 0.319 e. The minimum Gasteiger partial charge on any atom is -0.465 e. The Morgan fingerprint density at radius 2 is 2.21 bits per heavy atom. The van der Waals surface area contributed by atoms with Gasteiger partial charge in [-0.3, -0.25) is 9.59 Å². The summed E-state index contributed by atoms with van der Waals surface area (Å²) in [6.07, 6.45) is 4.65. The molecule has 0 saturated heterocycles. The van der Waals surface area contributed by atoms with E-state index in [0.717, 1.165) is 0 Å². The van der Waals surface area contributed by atoms with Gasteiger partial charge in [0.05, 0.1) is 6.61 Å². The van der Waals surface area contributed by atoms with Gasteiger partial charge >= 0.3 is 5.97 Å². The number of carbonyl (C=O) groups excluding carboxylic acids is 2. The molecule has 1 aliphatic rings. The van der Waals surface area contributed by atoms with Crippen LogP contribution in [-0.4, -0.2) is 18.4 Å². The van der Waals surface area contributed by atoms with E-state index in [1.165, 1.54) is 6.08 Å². The second-order valence-electron chi connectivity index (χ2n) is 3.53. The third-order valence-corrected chi connectivity index (χ3v) is 2.20. The topological polar surface area (TPSA) is 43.4 Å². The zero-order chi connectivity index (χ0) is 10.8. The lowest BCUT2D eigenvalue weighted by molar-refractivity contribution is -0.149. The van der Waals surface area contributed by atoms with Gasteiger partial charge < -0.3 is 4.74 Å². The molecule has 0 aliphatic heterocycles. The Balaban J connectivity index is 2.92. The second-order valence-corrected chi connectivity index (χ2v) is 3.53. The van der Waals surface area contributed by atoms with Crippen molar-refractivity contribution in [3.05, 3.63) is 23.8 Å². The molecule has 76 valence electrons. The largest absolute Gasteiger partial charge is 0.465 e. The van der Waals surface area contributed by atoms with Crippen LogP contribution < -0.4 is 0 Å². The van der Waals surface area contributed by atoms with Gasteiger partial charge in [-0.1, -0.05) is 12.2 Å². The van der Waals surface area contributed by atoms with Crippen LogP contribution in [0.2, 0.25) is 0 Å². The Hall–Kier alpha value is -1.38. The summed E-state index contributed by atoms with van der Waals surface area (Å²) in [4.78, 5) is 22.7. The fourth-order valence-corrected chi connectivity index (χ4v) is 1.36. The lowest BCUT2D eigenvalue weighted by Gasteiger charge is -2.22. The van der Waals surface area contributed by atoms with E-state index in [-0.39, 0.29) is 11.8 Å². The SMILES string of the molecule is CCOC(=O)C1(C)C=CC(=O)C(C)=C1. The fraction of sp³-hybridized carbons (Fsp3) is 0.455. The number of allylic oxidation sites excluding steroid dienone is 2. The molecule has 3 nitrogen and oxygen atoms in total. The number of carbonyl (C=O) groups is 2. The van der Waals surface area contributed by atoms with E-state index in [4.69, 9.17) is 4.74 Å². The summed E-state index contributed by atoms with van der Waals surface area (Å²) in [6.45, 7) is 5.54. The van der Waals surface area contributed by atoms with E-state index < -0.39 is 5.41 Å². The number of ketones is 1. The molecule has 0 bridgehead atoms. The third-order valence-electron chi connectivity index (χ3n) is 2.20. The molecule has 0 saturated carbocycles. The molecule has 0 fully saturated rings. The predicted octanol–water partition coefficient (Wildman–Crippen LogP) is 1.64. The summed E-state index contributed by atoms with van der Waals surface area (Å²) >= 11 is 0. The summed E-state index contributed by atoms with van der Waals surface area (Å²) in [5.74, 6) is -0.366. The summed E-state index contributed by atoms with van der Waals surface area (Å²) < 4.78 is 4.92. The highest BCUT2D eigenvalue weighted by Crippen LogP contribution is 2.28. The number of rotatable bonds is 2. The highest BCUT2D eigenvalue weighted by molar-refractivity contribution is 6.06. The van der Waals surface area contributed by atoms with Crippen molar-refractivity contribution in [3.63, 3.8) is 0 Å². The van der Waals surface area contributed by atoms with E-state index in [2.05, 4.69) is 0 Å². The number of hydrogen-bond donors (Lipinski definition) is 0. The molecule has 0 N–H and O–H groups in total. The summed E-state index contributed by atoms with van der Waals surface area (Å²) in [6, 6.07) is 0. The molecule has 1 aliphatic carbocycles. The zero-order valence-corrected chi connectivity index (χ0v) is 8.66. The van der Waals surface area contributed by atoms with Gasteiger partial charge in [-0.05, 0) is 32.4 Å². The van der Waals surface area contributed by atoms with Gasteiger partial charge in [-0.15, -0.1) is 0 Å². The molecular formula is C11H14O3. The van der Waals surface area contributed by atoms with E-state index in [1.807, 2.05) is 0 Å². The smallest absolute Gasteiger partial charge is 0.319 e. The number of ether oxygens (including phenoxy) is 1. The lowest BCUT2D eigenvalue weighted by Crippen LogP contribution is -2.28. The van der Waals surface area contributed by atoms with Crippen molar-refractivity contribution in [2.75, 3.05) is 6.61 Å². The van der Waals surface area contributed by atoms with E-state index in [0.29, 0.717) is 12.2 Å². The number of hydrogen-bond acceptors (Lipinski definition) is 3. The standard InChI is InChI=1S/C11H14O3/c1-4-14-10(13)11(3)6-5-9(12)8(2)7-11/h5-7H,4H2,1-3H3. The van der Waals surface area contributed by atoms with Crippen LogP contribution in [0.3, 0.4) is 0 Å². The summed E-state index contributed by atoms with van der Waals surface area (Å²) in [5.41, 5.74) is -0.198. The van der Waals surface area contributed by atoms with Crippen molar-refractivity contribution in [2.24, 2.45) is 5.41 Å². The molecule has 0 heterocycles.